The molecule has 0 atom stereocenters. The fourth-order valence-electron chi connectivity index (χ4n) is 4.66. The zero-order chi connectivity index (χ0) is 23.6. The SMILES string of the molecule is CC(=O)c1cc2c(cc1NC(=O)CN1CCN(S(=O)(=O)N(C)C3CCCCC3)CC1)OCO2. The summed E-state index contributed by atoms with van der Waals surface area (Å²) in [5.74, 6) is 0.501. The fraction of sp³-hybridized carbons (Fsp3) is 0.636. The summed E-state index contributed by atoms with van der Waals surface area (Å²) in [6.45, 7) is 3.23. The van der Waals surface area contributed by atoms with Crippen LogP contribution in [0.2, 0.25) is 0 Å². The Morgan fingerprint density at radius 3 is 2.33 bits per heavy atom. The molecule has 182 valence electrons. The van der Waals surface area contributed by atoms with Crippen molar-refractivity contribution < 1.29 is 27.5 Å². The first-order chi connectivity index (χ1) is 15.8. The molecule has 4 rings (SSSR count). The lowest BCUT2D eigenvalue weighted by Crippen LogP contribution is -2.55. The summed E-state index contributed by atoms with van der Waals surface area (Å²) in [5.41, 5.74) is 0.737. The minimum absolute atomic E-state index is 0.0738. The summed E-state index contributed by atoms with van der Waals surface area (Å²) in [4.78, 5) is 26.6. The van der Waals surface area contributed by atoms with E-state index >= 15 is 0 Å². The van der Waals surface area contributed by atoms with Gasteiger partial charge in [-0.25, -0.2) is 0 Å². The molecule has 3 aliphatic rings. The lowest BCUT2D eigenvalue weighted by atomic mass is 9.96. The molecule has 10 nitrogen and oxygen atoms in total. The van der Waals surface area contributed by atoms with Crippen molar-refractivity contribution in [3.8, 4) is 11.5 Å². The minimum atomic E-state index is -3.51. The van der Waals surface area contributed by atoms with Crippen LogP contribution >= 0.6 is 0 Å². The van der Waals surface area contributed by atoms with E-state index in [2.05, 4.69) is 5.32 Å². The number of carbonyl (C=O) groups excluding carboxylic acids is 2. The van der Waals surface area contributed by atoms with Gasteiger partial charge in [0.2, 0.25) is 12.7 Å². The van der Waals surface area contributed by atoms with Crippen molar-refractivity contribution in [1.29, 1.82) is 0 Å². The number of hydrogen-bond donors (Lipinski definition) is 1. The second kappa shape index (κ2) is 9.96. The lowest BCUT2D eigenvalue weighted by Gasteiger charge is -2.38. The summed E-state index contributed by atoms with van der Waals surface area (Å²) < 4.78 is 39.8. The van der Waals surface area contributed by atoms with Crippen molar-refractivity contribution in [3.63, 3.8) is 0 Å². The van der Waals surface area contributed by atoms with Gasteiger partial charge < -0.3 is 14.8 Å². The van der Waals surface area contributed by atoms with Gasteiger partial charge in [0.1, 0.15) is 0 Å². The van der Waals surface area contributed by atoms with Gasteiger partial charge in [-0.15, -0.1) is 0 Å². The largest absolute Gasteiger partial charge is 0.454 e. The molecular formula is C22H32N4O6S. The predicted octanol–water partition coefficient (Wildman–Crippen LogP) is 1.68. The molecule has 0 aromatic heterocycles. The number of anilines is 1. The number of nitrogens with zero attached hydrogens (tertiary/aromatic N) is 3. The van der Waals surface area contributed by atoms with Crippen molar-refractivity contribution in [1.82, 2.24) is 13.5 Å². The van der Waals surface area contributed by atoms with Crippen molar-refractivity contribution in [2.45, 2.75) is 45.1 Å². The molecule has 1 aromatic carbocycles. The van der Waals surface area contributed by atoms with Gasteiger partial charge in [-0.1, -0.05) is 19.3 Å². The Morgan fingerprint density at radius 2 is 1.70 bits per heavy atom. The maximum absolute atomic E-state index is 13.0. The molecule has 1 saturated heterocycles. The van der Waals surface area contributed by atoms with Gasteiger partial charge >= 0.3 is 0 Å². The van der Waals surface area contributed by atoms with Gasteiger partial charge in [0.05, 0.1) is 12.2 Å². The number of Topliss-reactive ketones (excluding diaryl/α,β-unsaturated/α-hetero) is 1. The summed E-state index contributed by atoms with van der Waals surface area (Å²) in [5, 5.41) is 2.79. The zero-order valence-corrected chi connectivity index (χ0v) is 20.0. The van der Waals surface area contributed by atoms with E-state index in [1.165, 1.54) is 22.0 Å². The van der Waals surface area contributed by atoms with Crippen LogP contribution in [0.1, 0.15) is 49.4 Å². The van der Waals surface area contributed by atoms with Crippen LogP contribution in [0.5, 0.6) is 11.5 Å². The molecule has 0 bridgehead atoms. The number of ketones is 1. The van der Waals surface area contributed by atoms with E-state index in [1.807, 2.05) is 4.90 Å². The van der Waals surface area contributed by atoms with Gasteiger partial charge in [-0.05, 0) is 25.8 Å². The Bertz CT molecular complexity index is 1000. The lowest BCUT2D eigenvalue weighted by molar-refractivity contribution is -0.117. The van der Waals surface area contributed by atoms with Crippen molar-refractivity contribution in [3.05, 3.63) is 17.7 Å². The summed E-state index contributed by atoms with van der Waals surface area (Å²) >= 11 is 0. The van der Waals surface area contributed by atoms with E-state index in [9.17, 15) is 18.0 Å². The van der Waals surface area contributed by atoms with Gasteiger partial charge in [-0.3, -0.25) is 14.5 Å². The first kappa shape index (κ1) is 23.9. The Kier molecular flexibility index (Phi) is 7.22. The molecule has 2 aliphatic heterocycles. The summed E-state index contributed by atoms with van der Waals surface area (Å²) in [6, 6.07) is 3.25. The molecule has 1 aromatic rings. The van der Waals surface area contributed by atoms with Gasteiger partial charge in [0.15, 0.2) is 17.3 Å². The van der Waals surface area contributed by atoms with Crippen LogP contribution < -0.4 is 14.8 Å². The van der Waals surface area contributed by atoms with E-state index in [4.69, 9.17) is 9.47 Å². The topological polar surface area (TPSA) is 108 Å². The molecule has 33 heavy (non-hydrogen) atoms. The Balaban J connectivity index is 1.32. The molecule has 0 radical (unpaired) electrons. The number of rotatable bonds is 7. The maximum Gasteiger partial charge on any atom is 0.282 e. The number of fused-ring (bicyclic) bond motifs is 1. The second-order valence-corrected chi connectivity index (χ2v) is 10.8. The van der Waals surface area contributed by atoms with E-state index in [0.29, 0.717) is 48.9 Å². The van der Waals surface area contributed by atoms with Crippen LogP contribution in [0.4, 0.5) is 5.69 Å². The zero-order valence-electron chi connectivity index (χ0n) is 19.2. The van der Waals surface area contributed by atoms with Crippen molar-refractivity contribution in [2.75, 3.05) is 51.9 Å². The highest BCUT2D eigenvalue weighted by molar-refractivity contribution is 7.86. The van der Waals surface area contributed by atoms with Crippen LogP contribution in [-0.4, -0.2) is 86.2 Å². The first-order valence-electron chi connectivity index (χ1n) is 11.5. The van der Waals surface area contributed by atoms with E-state index in [-0.39, 0.29) is 31.1 Å². The molecule has 2 fully saturated rings. The quantitative estimate of drug-likeness (QED) is 0.592. The Labute approximate surface area is 195 Å². The molecule has 0 spiro atoms. The van der Waals surface area contributed by atoms with Crippen molar-refractivity contribution >= 4 is 27.6 Å². The highest BCUT2D eigenvalue weighted by Gasteiger charge is 2.35. The Morgan fingerprint density at radius 1 is 1.06 bits per heavy atom. The van der Waals surface area contributed by atoms with Crippen LogP contribution in [0.25, 0.3) is 0 Å². The molecule has 1 saturated carbocycles. The van der Waals surface area contributed by atoms with Crippen LogP contribution in [0.15, 0.2) is 12.1 Å². The van der Waals surface area contributed by atoms with E-state index in [0.717, 1.165) is 25.7 Å². The molecule has 1 N–H and O–H groups in total. The highest BCUT2D eigenvalue weighted by atomic mass is 32.2. The molecule has 2 heterocycles. The van der Waals surface area contributed by atoms with Gasteiger partial charge in [-0.2, -0.15) is 17.0 Å². The number of nitrogens with one attached hydrogen (secondary N) is 1. The number of piperazine rings is 1. The molecule has 11 heteroatoms. The van der Waals surface area contributed by atoms with E-state index in [1.54, 1.807) is 19.2 Å². The number of benzene rings is 1. The molecular weight excluding hydrogens is 448 g/mol. The third-order valence-electron chi connectivity index (χ3n) is 6.64. The third-order valence-corrected chi connectivity index (χ3v) is 8.69. The van der Waals surface area contributed by atoms with Gasteiger partial charge in [0.25, 0.3) is 10.2 Å². The van der Waals surface area contributed by atoms with E-state index < -0.39 is 10.2 Å². The predicted molar refractivity (Wildman–Crippen MR) is 123 cm³/mol. The number of hydrogen-bond acceptors (Lipinski definition) is 7. The molecule has 1 amide bonds. The van der Waals surface area contributed by atoms with Gasteiger partial charge in [0, 0.05) is 50.9 Å². The average Bonchev–Trinajstić information content (AvgIpc) is 3.26. The molecule has 0 unspecified atom stereocenters. The number of amides is 1. The van der Waals surface area contributed by atoms with Crippen LogP contribution in [-0.2, 0) is 15.0 Å². The Hall–Kier alpha value is -2.21. The average molecular weight is 481 g/mol. The maximum atomic E-state index is 13.0. The number of ether oxygens (including phenoxy) is 2. The minimum Gasteiger partial charge on any atom is -0.454 e. The van der Waals surface area contributed by atoms with Crippen LogP contribution in [0.3, 0.4) is 0 Å². The van der Waals surface area contributed by atoms with Crippen LogP contribution in [0, 0.1) is 0 Å². The second-order valence-electron chi connectivity index (χ2n) is 8.85. The molecule has 1 aliphatic carbocycles. The summed E-state index contributed by atoms with van der Waals surface area (Å²) in [6.07, 6.45) is 5.14. The normalized spacial score (nSPS) is 20.2. The first-order valence-corrected chi connectivity index (χ1v) is 12.9. The standard InChI is InChI=1S/C22H32N4O6S/c1-16(27)18-12-20-21(32-15-31-20)13-19(18)23-22(28)14-25-8-10-26(11-9-25)33(29,30)24(2)17-6-4-3-5-7-17/h12-13,17H,3-11,14-15H2,1-2H3,(H,23,28). The summed E-state index contributed by atoms with van der Waals surface area (Å²) in [7, 11) is -1.82. The monoisotopic (exact) mass is 480 g/mol. The fourth-order valence-corrected chi connectivity index (χ4v) is 6.24. The smallest absolute Gasteiger partial charge is 0.282 e. The third kappa shape index (κ3) is 5.32. The highest BCUT2D eigenvalue weighted by Crippen LogP contribution is 2.37. The van der Waals surface area contributed by atoms with Crippen molar-refractivity contribution in [2.24, 2.45) is 0 Å². The number of carbonyl (C=O) groups is 2.